The third-order valence-corrected chi connectivity index (χ3v) is 4.75. The molecule has 0 saturated heterocycles. The molecular formula is C16H26BrN3. The van der Waals surface area contributed by atoms with E-state index in [4.69, 9.17) is 0 Å². The van der Waals surface area contributed by atoms with E-state index in [1.54, 1.807) is 0 Å². The zero-order valence-electron chi connectivity index (χ0n) is 12.8. The maximum atomic E-state index is 4.60. The molecule has 1 heterocycles. The second-order valence-electron chi connectivity index (χ2n) is 6.26. The highest BCUT2D eigenvalue weighted by Gasteiger charge is 2.19. The van der Waals surface area contributed by atoms with Gasteiger partial charge in [-0.2, -0.15) is 0 Å². The lowest BCUT2D eigenvalue weighted by Gasteiger charge is -2.28. The molecule has 0 bridgehead atoms. The first-order valence-corrected chi connectivity index (χ1v) is 8.66. The molecule has 0 spiro atoms. The summed E-state index contributed by atoms with van der Waals surface area (Å²) in [5.74, 6) is 3.97. The van der Waals surface area contributed by atoms with E-state index >= 15 is 0 Å². The Labute approximate surface area is 131 Å². The van der Waals surface area contributed by atoms with Crippen LogP contribution in [-0.2, 0) is 0 Å². The summed E-state index contributed by atoms with van der Waals surface area (Å²) in [5, 5.41) is 3.50. The van der Waals surface area contributed by atoms with Gasteiger partial charge in [0, 0.05) is 18.5 Å². The van der Waals surface area contributed by atoms with Crippen molar-refractivity contribution in [2.45, 2.75) is 58.8 Å². The Morgan fingerprint density at radius 1 is 1.20 bits per heavy atom. The minimum Gasteiger partial charge on any atom is -0.370 e. The average Bonchev–Trinajstić information content (AvgIpc) is 2.45. The zero-order valence-corrected chi connectivity index (χ0v) is 14.4. The standard InChI is InChI=1S/C16H26BrN3/c1-4-12-5-7-13(8-6-12)10-18-15-9-14(17)19-16(20-15)11(2)3/h9,11-13H,4-8,10H2,1-3H3,(H,18,19,20). The van der Waals surface area contributed by atoms with Crippen molar-refractivity contribution in [1.82, 2.24) is 9.97 Å². The highest BCUT2D eigenvalue weighted by atomic mass is 79.9. The largest absolute Gasteiger partial charge is 0.370 e. The van der Waals surface area contributed by atoms with Crippen molar-refractivity contribution in [2.75, 3.05) is 11.9 Å². The molecule has 1 saturated carbocycles. The van der Waals surface area contributed by atoms with Gasteiger partial charge in [-0.15, -0.1) is 0 Å². The fraction of sp³-hybridized carbons (Fsp3) is 0.750. The molecule has 4 heteroatoms. The third kappa shape index (κ3) is 4.44. The Hall–Kier alpha value is -0.640. The minimum absolute atomic E-state index is 0.355. The molecule has 0 unspecified atom stereocenters. The van der Waals surface area contributed by atoms with Crippen molar-refractivity contribution in [3.05, 3.63) is 16.5 Å². The van der Waals surface area contributed by atoms with Crippen molar-refractivity contribution < 1.29 is 0 Å². The normalized spacial score (nSPS) is 23.1. The molecule has 1 N–H and O–H groups in total. The molecule has 1 fully saturated rings. The van der Waals surface area contributed by atoms with Gasteiger partial charge in [0.25, 0.3) is 0 Å². The van der Waals surface area contributed by atoms with Crippen LogP contribution < -0.4 is 5.32 Å². The highest BCUT2D eigenvalue weighted by Crippen LogP contribution is 2.30. The van der Waals surface area contributed by atoms with Gasteiger partial charge in [-0.05, 0) is 40.6 Å². The molecule has 2 rings (SSSR count). The van der Waals surface area contributed by atoms with Crippen molar-refractivity contribution in [3.63, 3.8) is 0 Å². The first-order chi connectivity index (χ1) is 9.58. The third-order valence-electron chi connectivity index (χ3n) is 4.34. The molecule has 0 aliphatic heterocycles. The molecule has 0 radical (unpaired) electrons. The van der Waals surface area contributed by atoms with E-state index in [0.29, 0.717) is 5.92 Å². The molecule has 1 aliphatic rings. The van der Waals surface area contributed by atoms with Crippen LogP contribution in [0.15, 0.2) is 10.7 Å². The van der Waals surface area contributed by atoms with E-state index in [9.17, 15) is 0 Å². The lowest BCUT2D eigenvalue weighted by atomic mass is 9.81. The predicted molar refractivity (Wildman–Crippen MR) is 88.0 cm³/mol. The number of aromatic nitrogens is 2. The number of halogens is 1. The van der Waals surface area contributed by atoms with Crippen LogP contribution in [-0.4, -0.2) is 16.5 Å². The number of nitrogens with one attached hydrogen (secondary N) is 1. The van der Waals surface area contributed by atoms with E-state index in [0.717, 1.165) is 34.6 Å². The number of hydrogen-bond acceptors (Lipinski definition) is 3. The zero-order chi connectivity index (χ0) is 14.5. The highest BCUT2D eigenvalue weighted by molar-refractivity contribution is 9.10. The maximum absolute atomic E-state index is 4.60. The second-order valence-corrected chi connectivity index (χ2v) is 7.08. The minimum atomic E-state index is 0.355. The van der Waals surface area contributed by atoms with E-state index in [-0.39, 0.29) is 0 Å². The topological polar surface area (TPSA) is 37.8 Å². The van der Waals surface area contributed by atoms with Gasteiger partial charge >= 0.3 is 0 Å². The van der Waals surface area contributed by atoms with Gasteiger partial charge < -0.3 is 5.32 Å². The molecule has 1 aliphatic carbocycles. The van der Waals surface area contributed by atoms with Gasteiger partial charge in [-0.25, -0.2) is 9.97 Å². The fourth-order valence-corrected chi connectivity index (χ4v) is 3.28. The fourth-order valence-electron chi connectivity index (χ4n) is 2.88. The summed E-state index contributed by atoms with van der Waals surface area (Å²) in [6.45, 7) is 7.60. The van der Waals surface area contributed by atoms with Crippen molar-refractivity contribution >= 4 is 21.7 Å². The summed E-state index contributed by atoms with van der Waals surface area (Å²) in [6.07, 6.45) is 6.85. The summed E-state index contributed by atoms with van der Waals surface area (Å²) >= 11 is 3.47. The number of rotatable bonds is 5. The van der Waals surface area contributed by atoms with Crippen LogP contribution in [0.25, 0.3) is 0 Å². The Morgan fingerprint density at radius 3 is 2.45 bits per heavy atom. The molecule has 1 aromatic rings. The van der Waals surface area contributed by atoms with Crippen LogP contribution in [0.2, 0.25) is 0 Å². The Bertz CT molecular complexity index is 426. The van der Waals surface area contributed by atoms with Gasteiger partial charge in [0.1, 0.15) is 16.2 Å². The van der Waals surface area contributed by atoms with Crippen LogP contribution >= 0.6 is 15.9 Å². The molecule has 112 valence electrons. The van der Waals surface area contributed by atoms with Crippen LogP contribution in [0, 0.1) is 11.8 Å². The summed E-state index contributed by atoms with van der Waals surface area (Å²) in [5.41, 5.74) is 0. The summed E-state index contributed by atoms with van der Waals surface area (Å²) < 4.78 is 0.869. The van der Waals surface area contributed by atoms with E-state index < -0.39 is 0 Å². The van der Waals surface area contributed by atoms with Crippen LogP contribution in [0.1, 0.15) is 64.6 Å². The van der Waals surface area contributed by atoms with Gasteiger partial charge in [0.2, 0.25) is 0 Å². The Morgan fingerprint density at radius 2 is 1.85 bits per heavy atom. The Balaban J connectivity index is 1.88. The van der Waals surface area contributed by atoms with Crippen LogP contribution in [0.3, 0.4) is 0 Å². The molecule has 0 aromatic carbocycles. The Kier molecular flexibility index (Phi) is 5.82. The van der Waals surface area contributed by atoms with Crippen LogP contribution in [0.5, 0.6) is 0 Å². The average molecular weight is 340 g/mol. The van der Waals surface area contributed by atoms with Crippen molar-refractivity contribution in [2.24, 2.45) is 11.8 Å². The lowest BCUT2D eigenvalue weighted by molar-refractivity contribution is 0.278. The SMILES string of the molecule is CCC1CCC(CNc2cc(Br)nc(C(C)C)n2)CC1. The first-order valence-electron chi connectivity index (χ1n) is 7.86. The summed E-state index contributed by atoms with van der Waals surface area (Å²) in [6, 6.07) is 1.98. The molecule has 1 aromatic heterocycles. The van der Waals surface area contributed by atoms with Crippen molar-refractivity contribution in [1.29, 1.82) is 0 Å². The first kappa shape index (κ1) is 15.7. The molecule has 0 amide bonds. The number of anilines is 1. The smallest absolute Gasteiger partial charge is 0.134 e. The van der Waals surface area contributed by atoms with E-state index in [1.807, 2.05) is 6.07 Å². The summed E-state index contributed by atoms with van der Waals surface area (Å²) in [7, 11) is 0. The lowest BCUT2D eigenvalue weighted by Crippen LogP contribution is -2.21. The monoisotopic (exact) mass is 339 g/mol. The van der Waals surface area contributed by atoms with E-state index in [1.165, 1.54) is 32.1 Å². The second kappa shape index (κ2) is 7.39. The molecule has 0 atom stereocenters. The quantitative estimate of drug-likeness (QED) is 0.767. The summed E-state index contributed by atoms with van der Waals surface area (Å²) in [4.78, 5) is 9.01. The molecule has 3 nitrogen and oxygen atoms in total. The van der Waals surface area contributed by atoms with Crippen molar-refractivity contribution in [3.8, 4) is 0 Å². The maximum Gasteiger partial charge on any atom is 0.134 e. The van der Waals surface area contributed by atoms with Gasteiger partial charge in [0.05, 0.1) is 0 Å². The van der Waals surface area contributed by atoms with E-state index in [2.05, 4.69) is 52.0 Å². The van der Waals surface area contributed by atoms with Gasteiger partial charge in [-0.3, -0.25) is 0 Å². The van der Waals surface area contributed by atoms with Gasteiger partial charge in [0.15, 0.2) is 0 Å². The van der Waals surface area contributed by atoms with Gasteiger partial charge in [-0.1, -0.05) is 40.0 Å². The van der Waals surface area contributed by atoms with Crippen LogP contribution in [0.4, 0.5) is 5.82 Å². The molecule has 20 heavy (non-hydrogen) atoms. The molecular weight excluding hydrogens is 314 g/mol. The predicted octanol–water partition coefficient (Wildman–Crippen LogP) is 4.99. The number of nitrogens with zero attached hydrogens (tertiary/aromatic N) is 2. The number of hydrogen-bond donors (Lipinski definition) is 1.